The summed E-state index contributed by atoms with van der Waals surface area (Å²) in [6.07, 6.45) is -5.16. The zero-order chi connectivity index (χ0) is 23.0. The molecule has 0 radical (unpaired) electrons. The number of hydrazone groups is 1. The molecule has 0 fully saturated rings. The number of hydrogen-bond donors (Lipinski definition) is 1. The van der Waals surface area contributed by atoms with Gasteiger partial charge in [0, 0.05) is 0 Å². The van der Waals surface area contributed by atoms with Crippen LogP contribution in [0.2, 0.25) is 0 Å². The van der Waals surface area contributed by atoms with E-state index in [-0.39, 0.29) is 10.7 Å². The molecule has 0 aromatic heterocycles. The fourth-order valence-electron chi connectivity index (χ4n) is 3.71. The SMILES string of the molecule is CCc1ccc(C2=NN(C(=O)COc3c(C)cc(C)cc3C)[C@@](O)(C(F)(F)F)C2)cc1. The van der Waals surface area contributed by atoms with E-state index in [0.717, 1.165) is 28.7 Å². The van der Waals surface area contributed by atoms with Gasteiger partial charge in [0.15, 0.2) is 6.61 Å². The number of alkyl halides is 3. The maximum absolute atomic E-state index is 13.7. The van der Waals surface area contributed by atoms with Crippen LogP contribution < -0.4 is 4.74 Å². The van der Waals surface area contributed by atoms with Crippen LogP contribution in [0.15, 0.2) is 41.5 Å². The Morgan fingerprint density at radius 3 is 2.26 bits per heavy atom. The van der Waals surface area contributed by atoms with Crippen molar-refractivity contribution < 1.29 is 27.8 Å². The molecule has 166 valence electrons. The predicted octanol–water partition coefficient (Wildman–Crippen LogP) is 4.44. The first-order chi connectivity index (χ1) is 14.5. The second-order valence-corrected chi connectivity index (χ2v) is 7.81. The van der Waals surface area contributed by atoms with Gasteiger partial charge in [0.2, 0.25) is 0 Å². The molecule has 2 aromatic rings. The molecule has 3 rings (SSSR count). The van der Waals surface area contributed by atoms with Gasteiger partial charge in [-0.25, -0.2) is 0 Å². The summed E-state index contributed by atoms with van der Waals surface area (Å²) < 4.78 is 46.8. The van der Waals surface area contributed by atoms with Gasteiger partial charge in [0.1, 0.15) is 5.75 Å². The maximum Gasteiger partial charge on any atom is 0.438 e. The third-order valence-electron chi connectivity index (χ3n) is 5.32. The summed E-state index contributed by atoms with van der Waals surface area (Å²) in [7, 11) is 0. The van der Waals surface area contributed by atoms with Gasteiger partial charge in [0.25, 0.3) is 11.6 Å². The largest absolute Gasteiger partial charge is 0.483 e. The van der Waals surface area contributed by atoms with E-state index in [4.69, 9.17) is 4.74 Å². The van der Waals surface area contributed by atoms with Gasteiger partial charge in [0.05, 0.1) is 12.1 Å². The van der Waals surface area contributed by atoms with Crippen LogP contribution in [-0.4, -0.2) is 40.2 Å². The highest BCUT2D eigenvalue weighted by Gasteiger charge is 2.63. The lowest BCUT2D eigenvalue weighted by atomic mass is 9.99. The van der Waals surface area contributed by atoms with E-state index < -0.39 is 30.8 Å². The van der Waals surface area contributed by atoms with Gasteiger partial charge in [-0.15, -0.1) is 0 Å². The smallest absolute Gasteiger partial charge is 0.438 e. The Labute approximate surface area is 179 Å². The minimum Gasteiger partial charge on any atom is -0.483 e. The van der Waals surface area contributed by atoms with Crippen LogP contribution in [0.4, 0.5) is 13.2 Å². The van der Waals surface area contributed by atoms with Crippen molar-refractivity contribution in [2.75, 3.05) is 6.61 Å². The van der Waals surface area contributed by atoms with Crippen LogP contribution in [0, 0.1) is 20.8 Å². The first-order valence-electron chi connectivity index (χ1n) is 9.96. The number of benzene rings is 2. The molecule has 2 aromatic carbocycles. The van der Waals surface area contributed by atoms with Gasteiger partial charge < -0.3 is 9.84 Å². The minimum absolute atomic E-state index is 0.0153. The van der Waals surface area contributed by atoms with Gasteiger partial charge in [-0.1, -0.05) is 48.9 Å². The summed E-state index contributed by atoms with van der Waals surface area (Å²) >= 11 is 0. The third kappa shape index (κ3) is 4.44. The molecule has 1 amide bonds. The van der Waals surface area contributed by atoms with Crippen molar-refractivity contribution in [3.8, 4) is 5.75 Å². The lowest BCUT2D eigenvalue weighted by molar-refractivity contribution is -0.302. The standard InChI is InChI=1S/C23H25F3N2O3/c1-5-17-6-8-18(9-7-17)19-12-22(30,23(24,25)26)28(27-19)20(29)13-31-21-15(3)10-14(2)11-16(21)4/h6-11,30H,5,12-13H2,1-4H3/t22-/m0/s1. The van der Waals surface area contributed by atoms with Crippen molar-refractivity contribution in [1.29, 1.82) is 0 Å². The molecule has 0 saturated heterocycles. The molecule has 31 heavy (non-hydrogen) atoms. The Balaban J connectivity index is 1.87. The van der Waals surface area contributed by atoms with Gasteiger partial charge >= 0.3 is 6.18 Å². The Hall–Kier alpha value is -2.87. The molecule has 0 spiro atoms. The summed E-state index contributed by atoms with van der Waals surface area (Å²) in [5.41, 5.74) is 0.515. The van der Waals surface area contributed by atoms with Gasteiger partial charge in [-0.2, -0.15) is 23.3 Å². The summed E-state index contributed by atoms with van der Waals surface area (Å²) in [5.74, 6) is -0.660. The van der Waals surface area contributed by atoms with E-state index in [1.165, 1.54) is 0 Å². The third-order valence-corrected chi connectivity index (χ3v) is 5.32. The molecule has 1 N–H and O–H groups in total. The molecule has 0 unspecified atom stereocenters. The van der Waals surface area contributed by atoms with Crippen molar-refractivity contribution >= 4 is 11.6 Å². The monoisotopic (exact) mass is 434 g/mol. The van der Waals surface area contributed by atoms with Crippen molar-refractivity contribution in [3.05, 3.63) is 64.2 Å². The summed E-state index contributed by atoms with van der Waals surface area (Å²) in [5, 5.41) is 14.4. The number of rotatable bonds is 5. The topological polar surface area (TPSA) is 62.1 Å². The fourth-order valence-corrected chi connectivity index (χ4v) is 3.71. The highest BCUT2D eigenvalue weighted by atomic mass is 19.4. The minimum atomic E-state index is -5.09. The molecule has 0 aliphatic carbocycles. The molecule has 1 atom stereocenters. The maximum atomic E-state index is 13.7. The van der Waals surface area contributed by atoms with E-state index in [1.54, 1.807) is 38.1 Å². The zero-order valence-electron chi connectivity index (χ0n) is 17.9. The molecule has 8 heteroatoms. The molecule has 1 heterocycles. The number of nitrogens with zero attached hydrogens (tertiary/aromatic N) is 2. The number of aryl methyl sites for hydroxylation is 4. The summed E-state index contributed by atoms with van der Waals surface area (Å²) in [6.45, 7) is 6.76. The number of carbonyl (C=O) groups excluding carboxylic acids is 1. The Bertz CT molecular complexity index is 993. The molecule has 0 bridgehead atoms. The van der Waals surface area contributed by atoms with Crippen molar-refractivity contribution in [1.82, 2.24) is 5.01 Å². The van der Waals surface area contributed by atoms with Crippen LogP contribution in [-0.2, 0) is 11.2 Å². The van der Waals surface area contributed by atoms with Gasteiger partial charge in [-0.3, -0.25) is 4.79 Å². The number of aliphatic hydroxyl groups is 1. The number of carbonyl (C=O) groups is 1. The van der Waals surface area contributed by atoms with Crippen LogP contribution in [0.25, 0.3) is 0 Å². The first kappa shape index (κ1) is 22.8. The number of amides is 1. The lowest BCUT2D eigenvalue weighted by Crippen LogP contribution is -2.57. The second kappa shape index (κ2) is 8.34. The molecule has 0 saturated carbocycles. The van der Waals surface area contributed by atoms with E-state index >= 15 is 0 Å². The first-order valence-corrected chi connectivity index (χ1v) is 9.96. The summed E-state index contributed by atoms with van der Waals surface area (Å²) in [4.78, 5) is 12.7. The van der Waals surface area contributed by atoms with Crippen LogP contribution in [0.5, 0.6) is 5.75 Å². The van der Waals surface area contributed by atoms with Crippen LogP contribution in [0.3, 0.4) is 0 Å². The van der Waals surface area contributed by atoms with Crippen molar-refractivity contribution in [2.45, 2.75) is 52.4 Å². The lowest BCUT2D eigenvalue weighted by Gasteiger charge is -2.32. The van der Waals surface area contributed by atoms with E-state index in [1.807, 2.05) is 26.0 Å². The van der Waals surface area contributed by atoms with Crippen LogP contribution in [0.1, 0.15) is 41.2 Å². The second-order valence-electron chi connectivity index (χ2n) is 7.81. The van der Waals surface area contributed by atoms with Gasteiger partial charge in [-0.05, 0) is 49.4 Å². The molecule has 1 aliphatic rings. The van der Waals surface area contributed by atoms with E-state index in [9.17, 15) is 23.1 Å². The number of ether oxygens (including phenoxy) is 1. The highest BCUT2D eigenvalue weighted by molar-refractivity contribution is 6.03. The quantitative estimate of drug-likeness (QED) is 0.757. The van der Waals surface area contributed by atoms with Crippen molar-refractivity contribution in [2.24, 2.45) is 5.10 Å². The normalized spacial score (nSPS) is 18.8. The molecule has 1 aliphatic heterocycles. The average Bonchev–Trinajstić information content (AvgIpc) is 3.06. The predicted molar refractivity (Wildman–Crippen MR) is 111 cm³/mol. The van der Waals surface area contributed by atoms with Crippen molar-refractivity contribution in [3.63, 3.8) is 0 Å². The fraction of sp³-hybridized carbons (Fsp3) is 0.391. The number of hydrogen-bond acceptors (Lipinski definition) is 4. The average molecular weight is 434 g/mol. The van der Waals surface area contributed by atoms with Crippen LogP contribution >= 0.6 is 0 Å². The summed E-state index contributed by atoms with van der Waals surface area (Å²) in [6, 6.07) is 10.5. The Morgan fingerprint density at radius 2 is 1.74 bits per heavy atom. The zero-order valence-corrected chi connectivity index (χ0v) is 17.9. The number of halogens is 3. The molecular weight excluding hydrogens is 409 g/mol. The highest BCUT2D eigenvalue weighted by Crippen LogP contribution is 2.41. The van der Waals surface area contributed by atoms with E-state index in [0.29, 0.717) is 11.3 Å². The molecular formula is C23H25F3N2O3. The Morgan fingerprint density at radius 1 is 1.16 bits per heavy atom. The van der Waals surface area contributed by atoms with E-state index in [2.05, 4.69) is 5.10 Å². The molecule has 5 nitrogen and oxygen atoms in total. The Kier molecular flexibility index (Phi) is 6.14.